The molecule has 0 saturated heterocycles. The molecule has 0 aromatic carbocycles. The summed E-state index contributed by atoms with van der Waals surface area (Å²) in [4.78, 5) is 33.7. The first-order valence-corrected chi connectivity index (χ1v) is 6.62. The maximum absolute atomic E-state index is 11.6. The fraction of sp³-hybridized carbons (Fsp3) is 0.769. The second-order valence-electron chi connectivity index (χ2n) is 5.67. The zero-order chi connectivity index (χ0) is 16.6. The number of hydrogen-bond acceptors (Lipinski definition) is 5. The molecule has 0 heterocycles. The summed E-state index contributed by atoms with van der Waals surface area (Å²) in [6, 6.07) is -1.36. The molecule has 21 heavy (non-hydrogen) atoms. The van der Waals surface area contributed by atoms with Gasteiger partial charge in [0.15, 0.2) is 0 Å². The molecule has 0 spiro atoms. The highest BCUT2D eigenvalue weighted by Crippen LogP contribution is 2.15. The minimum absolute atomic E-state index is 0.131. The zero-order valence-corrected chi connectivity index (χ0v) is 12.5. The Morgan fingerprint density at radius 2 is 1.71 bits per heavy atom. The fourth-order valence-corrected chi connectivity index (χ4v) is 1.64. The number of ether oxygens (including phenoxy) is 1. The molecule has 0 radical (unpaired) electrons. The van der Waals surface area contributed by atoms with Crippen LogP contribution in [0.15, 0.2) is 0 Å². The van der Waals surface area contributed by atoms with Gasteiger partial charge in [-0.15, -0.1) is 0 Å². The summed E-state index contributed by atoms with van der Waals surface area (Å²) in [7, 11) is 0. The SMILES string of the molecule is CC(C)(C)OC(=O)N[C@@H](C[C@H](CCCO)C(=O)O)C(=O)O. The van der Waals surface area contributed by atoms with E-state index in [1.165, 1.54) is 0 Å². The molecular weight excluding hydrogens is 282 g/mol. The molecule has 0 rings (SSSR count). The van der Waals surface area contributed by atoms with E-state index in [4.69, 9.17) is 20.1 Å². The van der Waals surface area contributed by atoms with Gasteiger partial charge in [0.05, 0.1) is 5.92 Å². The summed E-state index contributed by atoms with van der Waals surface area (Å²) in [5, 5.41) is 29.0. The molecule has 0 fully saturated rings. The molecule has 4 N–H and O–H groups in total. The van der Waals surface area contributed by atoms with Crippen LogP contribution in [0.2, 0.25) is 0 Å². The van der Waals surface area contributed by atoms with E-state index in [9.17, 15) is 14.4 Å². The lowest BCUT2D eigenvalue weighted by molar-refractivity contribution is -0.144. The number of carboxylic acid groups (broad SMARTS) is 2. The number of carbonyl (C=O) groups is 3. The third-order valence-corrected chi connectivity index (χ3v) is 2.57. The Morgan fingerprint density at radius 1 is 1.14 bits per heavy atom. The minimum atomic E-state index is -1.36. The Labute approximate surface area is 123 Å². The van der Waals surface area contributed by atoms with E-state index in [1.807, 2.05) is 0 Å². The highest BCUT2D eigenvalue weighted by atomic mass is 16.6. The van der Waals surface area contributed by atoms with E-state index >= 15 is 0 Å². The Hall–Kier alpha value is -1.83. The smallest absolute Gasteiger partial charge is 0.408 e. The number of hydrogen-bond donors (Lipinski definition) is 4. The van der Waals surface area contributed by atoms with Crippen LogP contribution < -0.4 is 5.32 Å². The van der Waals surface area contributed by atoms with Crippen LogP contribution in [0.3, 0.4) is 0 Å². The topological polar surface area (TPSA) is 133 Å². The standard InChI is InChI=1S/C13H23NO7/c1-13(2,3)21-12(20)14-9(11(18)19)7-8(10(16)17)5-4-6-15/h8-9,15H,4-7H2,1-3H3,(H,14,20)(H,16,17)(H,18,19)/t8-,9-/m0/s1. The van der Waals surface area contributed by atoms with Crippen LogP contribution in [-0.4, -0.2) is 51.6 Å². The van der Waals surface area contributed by atoms with Gasteiger partial charge in [-0.2, -0.15) is 0 Å². The van der Waals surface area contributed by atoms with Crippen molar-refractivity contribution < 1.29 is 34.4 Å². The Balaban J connectivity index is 4.70. The highest BCUT2D eigenvalue weighted by molar-refractivity contribution is 5.81. The first-order chi connectivity index (χ1) is 9.56. The van der Waals surface area contributed by atoms with Crippen LogP contribution in [0.1, 0.15) is 40.0 Å². The van der Waals surface area contributed by atoms with Gasteiger partial charge in [0.1, 0.15) is 11.6 Å². The average molecular weight is 305 g/mol. The molecule has 0 saturated carbocycles. The van der Waals surface area contributed by atoms with Gasteiger partial charge in [-0.1, -0.05) is 0 Å². The van der Waals surface area contributed by atoms with Gasteiger partial charge in [0.2, 0.25) is 0 Å². The molecule has 1 amide bonds. The molecule has 0 aromatic heterocycles. The summed E-state index contributed by atoms with van der Waals surface area (Å²) < 4.78 is 4.94. The predicted octanol–water partition coefficient (Wildman–Crippen LogP) is 0.828. The van der Waals surface area contributed by atoms with Crippen LogP contribution in [0.5, 0.6) is 0 Å². The molecule has 0 aliphatic carbocycles. The van der Waals surface area contributed by atoms with Crippen LogP contribution in [0, 0.1) is 5.92 Å². The number of rotatable bonds is 8. The third-order valence-electron chi connectivity index (χ3n) is 2.57. The summed E-state index contributed by atoms with van der Waals surface area (Å²) >= 11 is 0. The van der Waals surface area contributed by atoms with Crippen LogP contribution in [-0.2, 0) is 14.3 Å². The van der Waals surface area contributed by atoms with Gasteiger partial charge >= 0.3 is 18.0 Å². The lowest BCUT2D eigenvalue weighted by atomic mass is 9.95. The van der Waals surface area contributed by atoms with Crippen molar-refractivity contribution in [2.24, 2.45) is 5.92 Å². The number of carbonyl (C=O) groups excluding carboxylic acids is 1. The molecule has 0 unspecified atom stereocenters. The number of alkyl carbamates (subject to hydrolysis) is 1. The van der Waals surface area contributed by atoms with Gasteiger partial charge in [0, 0.05) is 6.61 Å². The van der Waals surface area contributed by atoms with Crippen molar-refractivity contribution >= 4 is 18.0 Å². The normalized spacial score (nSPS) is 14.1. The molecule has 0 aliphatic heterocycles. The first kappa shape index (κ1) is 19.2. The summed E-state index contributed by atoms with van der Waals surface area (Å²) in [5.74, 6) is -3.47. The fourth-order valence-electron chi connectivity index (χ4n) is 1.64. The monoisotopic (exact) mass is 305 g/mol. The van der Waals surface area contributed by atoms with Gasteiger partial charge in [-0.3, -0.25) is 4.79 Å². The van der Waals surface area contributed by atoms with Crippen molar-refractivity contribution in [3.05, 3.63) is 0 Å². The van der Waals surface area contributed by atoms with Gasteiger partial charge in [0.25, 0.3) is 0 Å². The molecule has 8 heteroatoms. The van der Waals surface area contributed by atoms with Crippen molar-refractivity contribution in [2.45, 2.75) is 51.7 Å². The molecule has 0 aliphatic rings. The maximum Gasteiger partial charge on any atom is 0.408 e. The Morgan fingerprint density at radius 3 is 2.10 bits per heavy atom. The van der Waals surface area contributed by atoms with Crippen LogP contribution >= 0.6 is 0 Å². The molecule has 0 bridgehead atoms. The number of aliphatic hydroxyl groups excluding tert-OH is 1. The van der Waals surface area contributed by atoms with E-state index < -0.39 is 35.6 Å². The van der Waals surface area contributed by atoms with Gasteiger partial charge in [-0.25, -0.2) is 9.59 Å². The average Bonchev–Trinajstić information content (AvgIpc) is 2.29. The molecule has 122 valence electrons. The molecule has 0 aromatic rings. The van der Waals surface area contributed by atoms with Crippen LogP contribution in [0.25, 0.3) is 0 Å². The predicted molar refractivity (Wildman–Crippen MR) is 72.9 cm³/mol. The summed E-state index contributed by atoms with van der Waals surface area (Å²) in [6.45, 7) is 4.71. The van der Waals surface area contributed by atoms with Gasteiger partial charge in [-0.05, 0) is 40.0 Å². The Bertz CT molecular complexity index is 375. The van der Waals surface area contributed by atoms with Crippen molar-refractivity contribution in [1.29, 1.82) is 0 Å². The number of amides is 1. The van der Waals surface area contributed by atoms with Crippen molar-refractivity contribution in [2.75, 3.05) is 6.61 Å². The Kier molecular flexibility index (Phi) is 7.72. The largest absolute Gasteiger partial charge is 0.481 e. The number of aliphatic hydroxyl groups is 1. The minimum Gasteiger partial charge on any atom is -0.481 e. The van der Waals surface area contributed by atoms with E-state index in [0.29, 0.717) is 0 Å². The second kappa shape index (κ2) is 8.46. The van der Waals surface area contributed by atoms with Crippen LogP contribution in [0.4, 0.5) is 4.79 Å². The van der Waals surface area contributed by atoms with E-state index in [0.717, 1.165) is 0 Å². The quantitative estimate of drug-likeness (QED) is 0.522. The van der Waals surface area contributed by atoms with Crippen molar-refractivity contribution in [3.8, 4) is 0 Å². The summed E-state index contributed by atoms with van der Waals surface area (Å²) in [6.07, 6.45) is -0.813. The van der Waals surface area contributed by atoms with Crippen molar-refractivity contribution in [1.82, 2.24) is 5.32 Å². The van der Waals surface area contributed by atoms with E-state index in [2.05, 4.69) is 5.32 Å². The highest BCUT2D eigenvalue weighted by Gasteiger charge is 2.29. The third kappa shape index (κ3) is 8.85. The first-order valence-electron chi connectivity index (χ1n) is 6.62. The number of carboxylic acids is 2. The molecule has 2 atom stereocenters. The number of nitrogens with one attached hydrogen (secondary N) is 1. The number of aliphatic carboxylic acids is 2. The van der Waals surface area contributed by atoms with Crippen molar-refractivity contribution in [3.63, 3.8) is 0 Å². The van der Waals surface area contributed by atoms with Gasteiger partial charge < -0.3 is 25.4 Å². The molecular formula is C13H23NO7. The summed E-state index contributed by atoms with van der Waals surface area (Å²) in [5.41, 5.74) is -0.782. The van der Waals surface area contributed by atoms with E-state index in [-0.39, 0.29) is 25.9 Å². The lowest BCUT2D eigenvalue weighted by Crippen LogP contribution is -2.45. The second-order valence-corrected chi connectivity index (χ2v) is 5.67. The van der Waals surface area contributed by atoms with E-state index in [1.54, 1.807) is 20.8 Å². The lowest BCUT2D eigenvalue weighted by Gasteiger charge is -2.23. The zero-order valence-electron chi connectivity index (χ0n) is 12.5. The molecule has 8 nitrogen and oxygen atoms in total. The maximum atomic E-state index is 11.6.